The molecule has 0 radical (unpaired) electrons. The Kier molecular flexibility index (Phi) is 4.04. The third-order valence-corrected chi connectivity index (χ3v) is 4.45. The molecule has 1 aliphatic heterocycles. The van der Waals surface area contributed by atoms with E-state index in [9.17, 15) is 0 Å². The maximum Gasteiger partial charge on any atom is 0.0601 e. The predicted molar refractivity (Wildman–Crippen MR) is 78.5 cm³/mol. The number of hydrogen-bond donors (Lipinski definition) is 1. The Morgan fingerprint density at radius 2 is 1.95 bits per heavy atom. The Bertz CT molecular complexity index is 409. The van der Waals surface area contributed by atoms with Gasteiger partial charge in [-0.25, -0.2) is 0 Å². The molecule has 2 fully saturated rings. The Morgan fingerprint density at radius 3 is 2.68 bits per heavy atom. The van der Waals surface area contributed by atoms with Crippen LogP contribution in [0.4, 0.5) is 5.69 Å². The summed E-state index contributed by atoms with van der Waals surface area (Å²) in [4.78, 5) is 2.52. The first kappa shape index (κ1) is 12.9. The van der Waals surface area contributed by atoms with Crippen LogP contribution in [0.25, 0.3) is 0 Å². The van der Waals surface area contributed by atoms with Crippen molar-refractivity contribution in [2.24, 2.45) is 0 Å². The molecule has 1 aromatic carbocycles. The SMILES string of the molecule is COC1CC(NCc2ccccc2N2CCCC2)C1. The number of benzene rings is 1. The lowest BCUT2D eigenvalue weighted by Crippen LogP contribution is -2.44. The van der Waals surface area contributed by atoms with Crippen LogP contribution in [0, 0.1) is 0 Å². The van der Waals surface area contributed by atoms with E-state index in [1.165, 1.54) is 37.2 Å². The molecule has 1 aromatic rings. The second-order valence-electron chi connectivity index (χ2n) is 5.73. The van der Waals surface area contributed by atoms with E-state index in [4.69, 9.17) is 4.74 Å². The van der Waals surface area contributed by atoms with Crippen molar-refractivity contribution < 1.29 is 4.74 Å². The van der Waals surface area contributed by atoms with Crippen molar-refractivity contribution in [1.82, 2.24) is 5.32 Å². The highest BCUT2D eigenvalue weighted by atomic mass is 16.5. The van der Waals surface area contributed by atoms with Crippen LogP contribution in [0.2, 0.25) is 0 Å². The summed E-state index contributed by atoms with van der Waals surface area (Å²) in [6.45, 7) is 3.41. The Labute approximate surface area is 115 Å². The molecular weight excluding hydrogens is 236 g/mol. The highest BCUT2D eigenvalue weighted by Crippen LogP contribution is 2.26. The van der Waals surface area contributed by atoms with Gasteiger partial charge in [-0.1, -0.05) is 18.2 Å². The number of para-hydroxylation sites is 1. The summed E-state index contributed by atoms with van der Waals surface area (Å²) in [5.41, 5.74) is 2.86. The van der Waals surface area contributed by atoms with Crippen molar-refractivity contribution in [3.8, 4) is 0 Å². The molecule has 0 amide bonds. The molecular formula is C16H24N2O. The van der Waals surface area contributed by atoms with Crippen LogP contribution >= 0.6 is 0 Å². The van der Waals surface area contributed by atoms with Gasteiger partial charge in [0, 0.05) is 38.5 Å². The van der Waals surface area contributed by atoms with Gasteiger partial charge >= 0.3 is 0 Å². The van der Waals surface area contributed by atoms with Gasteiger partial charge < -0.3 is 15.0 Å². The number of nitrogens with zero attached hydrogens (tertiary/aromatic N) is 1. The maximum absolute atomic E-state index is 5.33. The molecule has 0 aromatic heterocycles. The van der Waals surface area contributed by atoms with Crippen LogP contribution in [0.15, 0.2) is 24.3 Å². The van der Waals surface area contributed by atoms with Gasteiger partial charge in [-0.2, -0.15) is 0 Å². The summed E-state index contributed by atoms with van der Waals surface area (Å²) in [5.74, 6) is 0. The first-order valence-electron chi connectivity index (χ1n) is 7.46. The van der Waals surface area contributed by atoms with Crippen molar-refractivity contribution in [2.45, 2.75) is 44.4 Å². The second kappa shape index (κ2) is 5.93. The number of methoxy groups -OCH3 is 1. The number of ether oxygens (including phenoxy) is 1. The molecule has 1 saturated carbocycles. The quantitative estimate of drug-likeness (QED) is 0.880. The average molecular weight is 260 g/mol. The largest absolute Gasteiger partial charge is 0.381 e. The molecule has 3 nitrogen and oxygen atoms in total. The lowest BCUT2D eigenvalue weighted by atomic mass is 9.89. The zero-order valence-electron chi connectivity index (χ0n) is 11.8. The van der Waals surface area contributed by atoms with Crippen LogP contribution in [-0.4, -0.2) is 32.3 Å². The topological polar surface area (TPSA) is 24.5 Å². The van der Waals surface area contributed by atoms with E-state index < -0.39 is 0 Å². The number of anilines is 1. The molecule has 0 atom stereocenters. The molecule has 19 heavy (non-hydrogen) atoms. The maximum atomic E-state index is 5.33. The van der Waals surface area contributed by atoms with Crippen molar-refractivity contribution in [1.29, 1.82) is 0 Å². The van der Waals surface area contributed by atoms with Gasteiger partial charge in [-0.3, -0.25) is 0 Å². The van der Waals surface area contributed by atoms with Crippen molar-refractivity contribution >= 4 is 5.69 Å². The van der Waals surface area contributed by atoms with Gasteiger partial charge in [0.1, 0.15) is 0 Å². The zero-order chi connectivity index (χ0) is 13.1. The summed E-state index contributed by atoms with van der Waals surface area (Å²) in [7, 11) is 1.81. The highest BCUT2D eigenvalue weighted by molar-refractivity contribution is 5.54. The minimum atomic E-state index is 0.478. The van der Waals surface area contributed by atoms with Crippen molar-refractivity contribution in [3.05, 3.63) is 29.8 Å². The first-order valence-corrected chi connectivity index (χ1v) is 7.46. The molecule has 3 rings (SSSR count). The second-order valence-corrected chi connectivity index (χ2v) is 5.73. The van der Waals surface area contributed by atoms with Gasteiger partial charge in [0.25, 0.3) is 0 Å². The van der Waals surface area contributed by atoms with E-state index in [0.717, 1.165) is 19.4 Å². The van der Waals surface area contributed by atoms with Crippen LogP contribution in [-0.2, 0) is 11.3 Å². The number of hydrogen-bond acceptors (Lipinski definition) is 3. The summed E-state index contributed by atoms with van der Waals surface area (Å²) in [6, 6.07) is 9.46. The number of rotatable bonds is 5. The molecule has 0 bridgehead atoms. The average Bonchev–Trinajstić information content (AvgIpc) is 2.91. The minimum absolute atomic E-state index is 0.478. The molecule has 1 heterocycles. The van der Waals surface area contributed by atoms with E-state index in [2.05, 4.69) is 34.5 Å². The van der Waals surface area contributed by atoms with Gasteiger partial charge in [0.15, 0.2) is 0 Å². The fourth-order valence-electron chi connectivity index (χ4n) is 3.11. The monoisotopic (exact) mass is 260 g/mol. The molecule has 1 saturated heterocycles. The Balaban J connectivity index is 1.58. The molecule has 0 unspecified atom stereocenters. The normalized spacial score (nSPS) is 26.5. The van der Waals surface area contributed by atoms with Crippen LogP contribution in [0.5, 0.6) is 0 Å². The smallest absolute Gasteiger partial charge is 0.0601 e. The van der Waals surface area contributed by atoms with E-state index >= 15 is 0 Å². The Hall–Kier alpha value is -1.06. The zero-order valence-corrected chi connectivity index (χ0v) is 11.8. The Morgan fingerprint density at radius 1 is 1.21 bits per heavy atom. The lowest BCUT2D eigenvalue weighted by molar-refractivity contribution is 0.0170. The fraction of sp³-hybridized carbons (Fsp3) is 0.625. The number of nitrogens with one attached hydrogen (secondary N) is 1. The highest BCUT2D eigenvalue weighted by Gasteiger charge is 2.28. The lowest BCUT2D eigenvalue weighted by Gasteiger charge is -2.35. The van der Waals surface area contributed by atoms with Gasteiger partial charge in [0.05, 0.1) is 6.10 Å². The van der Waals surface area contributed by atoms with Crippen molar-refractivity contribution in [2.75, 3.05) is 25.1 Å². The van der Waals surface area contributed by atoms with Crippen LogP contribution in [0.3, 0.4) is 0 Å². The molecule has 104 valence electrons. The van der Waals surface area contributed by atoms with Gasteiger partial charge in [-0.05, 0) is 37.3 Å². The summed E-state index contributed by atoms with van der Waals surface area (Å²) in [6.07, 6.45) is 5.45. The minimum Gasteiger partial charge on any atom is -0.381 e. The van der Waals surface area contributed by atoms with E-state index in [1.807, 2.05) is 7.11 Å². The third-order valence-electron chi connectivity index (χ3n) is 4.45. The first-order chi connectivity index (χ1) is 9.36. The molecule has 1 aliphatic carbocycles. The summed E-state index contributed by atoms with van der Waals surface area (Å²) in [5, 5.41) is 3.66. The molecule has 1 N–H and O–H groups in total. The third kappa shape index (κ3) is 2.93. The molecule has 3 heteroatoms. The van der Waals surface area contributed by atoms with E-state index in [-0.39, 0.29) is 0 Å². The standard InChI is InChI=1S/C16H24N2O/c1-19-15-10-14(11-15)17-12-13-6-2-3-7-16(13)18-8-4-5-9-18/h2-3,6-7,14-15,17H,4-5,8-12H2,1H3. The van der Waals surface area contributed by atoms with Crippen LogP contribution in [0.1, 0.15) is 31.2 Å². The summed E-state index contributed by atoms with van der Waals surface area (Å²) < 4.78 is 5.33. The van der Waals surface area contributed by atoms with Crippen LogP contribution < -0.4 is 10.2 Å². The molecule has 2 aliphatic rings. The van der Waals surface area contributed by atoms with Gasteiger partial charge in [-0.15, -0.1) is 0 Å². The predicted octanol–water partition coefficient (Wildman–Crippen LogP) is 2.55. The van der Waals surface area contributed by atoms with E-state index in [1.54, 1.807) is 0 Å². The molecule has 0 spiro atoms. The summed E-state index contributed by atoms with van der Waals surface area (Å²) >= 11 is 0. The van der Waals surface area contributed by atoms with Gasteiger partial charge in [0.2, 0.25) is 0 Å². The van der Waals surface area contributed by atoms with E-state index in [0.29, 0.717) is 12.1 Å². The fourth-order valence-corrected chi connectivity index (χ4v) is 3.11. The van der Waals surface area contributed by atoms with Crippen molar-refractivity contribution in [3.63, 3.8) is 0 Å².